The molecule has 3 N–H and O–H groups in total. The van der Waals surface area contributed by atoms with Crippen molar-refractivity contribution >= 4 is 31.5 Å². The normalized spacial score (nSPS) is 20.4. The largest absolute Gasteiger partial charge is 0.365 e. The number of nitrogens with one attached hydrogen (secondary N) is 1. The van der Waals surface area contributed by atoms with E-state index in [0.29, 0.717) is 25.9 Å². The molecular weight excluding hydrogens is 542 g/mol. The van der Waals surface area contributed by atoms with Gasteiger partial charge in [0.1, 0.15) is 35.3 Å². The Kier molecular flexibility index (Phi) is 13.0. The lowest BCUT2D eigenvalue weighted by molar-refractivity contribution is -0.121. The van der Waals surface area contributed by atoms with E-state index in [1.165, 1.54) is 16.8 Å². The fraction of sp³-hybridized carbons (Fsp3) is 0.722. The van der Waals surface area contributed by atoms with Crippen molar-refractivity contribution in [2.45, 2.75) is 77.7 Å². The minimum atomic E-state index is -1.55. The Morgan fingerprint density at radius 2 is 2.03 bits per heavy atom. The monoisotopic (exact) mass is 572 g/mol. The maximum atomic E-state index is 11.5. The van der Waals surface area contributed by atoms with E-state index >= 15 is 0 Å². The van der Waals surface area contributed by atoms with Gasteiger partial charge in [0, 0.05) is 24.3 Å². The molecule has 1 aromatic rings. The van der Waals surface area contributed by atoms with Gasteiger partial charge in [-0.05, 0) is 40.5 Å². The third-order valence-corrected chi connectivity index (χ3v) is 6.53. The number of aliphatic hydroxyl groups excluding tert-OH is 1. The van der Waals surface area contributed by atoms with Gasteiger partial charge in [-0.15, -0.1) is 0 Å². The summed E-state index contributed by atoms with van der Waals surface area (Å²) in [5.41, 5.74) is -0.968. The van der Waals surface area contributed by atoms with Crippen LogP contribution in [-0.2, 0) is 12.3 Å². The van der Waals surface area contributed by atoms with Gasteiger partial charge >= 0.3 is 5.69 Å². The van der Waals surface area contributed by atoms with Gasteiger partial charge in [0.25, 0.3) is 14.1 Å². The van der Waals surface area contributed by atoms with Gasteiger partial charge in [-0.2, -0.15) is 5.26 Å². The highest BCUT2D eigenvalue weighted by Gasteiger charge is 2.32. The highest BCUT2D eigenvalue weighted by atomic mass is 127. The van der Waals surface area contributed by atoms with Crippen LogP contribution in [0, 0.1) is 11.3 Å². The second-order valence-corrected chi connectivity index (χ2v) is 9.00. The Morgan fingerprint density at radius 1 is 1.39 bits per heavy atom. The summed E-state index contributed by atoms with van der Waals surface area (Å²) in [6.07, 6.45) is 0.906. The number of aromatic amines is 1. The van der Waals surface area contributed by atoms with E-state index in [4.69, 9.17) is 17.6 Å². The number of nitrogens with zero attached hydrogens (tertiary/aromatic N) is 3. The molecule has 0 amide bonds. The fourth-order valence-electron chi connectivity index (χ4n) is 3.00. The molecule has 31 heavy (non-hydrogen) atoms. The number of nitriles is 1. The van der Waals surface area contributed by atoms with Gasteiger partial charge < -0.3 is 19.3 Å². The van der Waals surface area contributed by atoms with Crippen molar-refractivity contribution in [2.75, 3.05) is 6.61 Å². The molecule has 0 aliphatic carbocycles. The molecule has 1 aromatic heterocycles. The van der Waals surface area contributed by atoms with Crippen molar-refractivity contribution in [3.05, 3.63) is 33.1 Å². The van der Waals surface area contributed by atoms with Gasteiger partial charge in [-0.25, -0.2) is 9.46 Å². The summed E-state index contributed by atoms with van der Waals surface area (Å²) >= 11 is 1.59. The van der Waals surface area contributed by atoms with Crippen molar-refractivity contribution in [2.24, 2.45) is 0 Å². The highest BCUT2D eigenvalue weighted by molar-refractivity contribution is 14.1. The summed E-state index contributed by atoms with van der Waals surface area (Å²) in [5.74, 6) is 0. The maximum Gasteiger partial charge on any atom is 0.330 e. The summed E-state index contributed by atoms with van der Waals surface area (Å²) in [5, 5.41) is 17.8. The second kappa shape index (κ2) is 14.3. The molecule has 0 saturated carbocycles. The zero-order valence-corrected chi connectivity index (χ0v) is 21.0. The predicted molar refractivity (Wildman–Crippen MR) is 123 cm³/mol. The summed E-state index contributed by atoms with van der Waals surface area (Å²) < 4.78 is 18.6. The average Bonchev–Trinajstić information content (AvgIpc) is 3.17. The quantitative estimate of drug-likeness (QED) is 0.175. The number of hydrogen-bond donors (Lipinski definition) is 3. The van der Waals surface area contributed by atoms with Crippen molar-refractivity contribution in [3.63, 3.8) is 0 Å². The topological polar surface area (TPSA) is 150 Å². The third-order valence-electron chi connectivity index (χ3n) is 4.28. The lowest BCUT2D eigenvalue weighted by atomic mass is 10.2. The maximum absolute atomic E-state index is 11.5. The van der Waals surface area contributed by atoms with E-state index in [2.05, 4.69) is 4.98 Å². The number of rotatable bonds is 9. The molecule has 13 heteroatoms. The Bertz CT molecular complexity index is 805. The Hall–Kier alpha value is -0.910. The Labute approximate surface area is 196 Å². The van der Waals surface area contributed by atoms with Gasteiger partial charge in [-0.3, -0.25) is 17.4 Å². The van der Waals surface area contributed by atoms with Crippen LogP contribution >= 0.6 is 31.5 Å². The van der Waals surface area contributed by atoms with Gasteiger partial charge in [-0.1, -0.05) is 0 Å². The van der Waals surface area contributed by atoms with E-state index in [1.807, 2.05) is 38.4 Å². The molecule has 1 saturated heterocycles. The molecule has 4 atom stereocenters. The molecule has 0 bridgehead atoms. The van der Waals surface area contributed by atoms with Gasteiger partial charge in [0.2, 0.25) is 0 Å². The summed E-state index contributed by atoms with van der Waals surface area (Å²) in [6, 6.07) is 3.72. The number of halogens is 1. The highest BCUT2D eigenvalue weighted by Crippen LogP contribution is 2.40. The second-order valence-electron chi connectivity index (χ2n) is 7.27. The van der Waals surface area contributed by atoms with E-state index in [0.717, 1.165) is 0 Å². The average molecular weight is 572 g/mol. The van der Waals surface area contributed by atoms with E-state index in [9.17, 15) is 19.6 Å². The molecule has 11 nitrogen and oxygen atoms in total. The zero-order valence-electron chi connectivity index (χ0n) is 18.0. The summed E-state index contributed by atoms with van der Waals surface area (Å²) in [4.78, 5) is 34.3. The van der Waals surface area contributed by atoms with Crippen molar-refractivity contribution in [3.8, 4) is 6.07 Å². The van der Waals surface area contributed by atoms with E-state index < -0.39 is 38.4 Å². The third kappa shape index (κ3) is 9.23. The molecule has 0 aromatic carbocycles. The molecule has 0 radical (unpaired) electrons. The molecule has 176 valence electrons. The first kappa shape index (κ1) is 28.1. The minimum Gasteiger partial charge on any atom is -0.365 e. The number of aliphatic hydroxyl groups is 1. The molecular formula is C18H30IN4O7P. The van der Waals surface area contributed by atoms with Crippen LogP contribution in [0.5, 0.6) is 0 Å². The predicted octanol–water partition coefficient (Wildman–Crippen LogP) is 2.15. The first-order chi connectivity index (χ1) is 14.6. The number of H-pyrrole nitrogens is 1. The summed E-state index contributed by atoms with van der Waals surface area (Å²) in [6.45, 7) is 8.35. The standard InChI is InChI=1S/C9H11IN2O5.C9H19N2O2P/c10-17-8(14)5-1-2-7(16-5)12-4-3-6(13)11-9(12)15;1-8(2)11(9(3)4)14(12)13-7-5-6-10/h3-5,7-8,14H,1-2H2,(H,11,13,15);8-9,12H,5,7H2,1-4H3. The SMILES string of the molecule is CC(C)N(C(C)C)P(O)OCCC#N.O=c1ccn(C2CCC(C(O)OI)O2)c(=O)[nH]1. The molecule has 2 heterocycles. The minimum absolute atomic E-state index is 0.244. The zero-order chi connectivity index (χ0) is 23.6. The lowest BCUT2D eigenvalue weighted by Crippen LogP contribution is -2.32. The van der Waals surface area contributed by atoms with E-state index in [1.54, 1.807) is 23.0 Å². The van der Waals surface area contributed by atoms with Gasteiger partial charge in [0.05, 0.1) is 19.1 Å². The van der Waals surface area contributed by atoms with Crippen molar-refractivity contribution in [1.29, 1.82) is 5.26 Å². The summed E-state index contributed by atoms with van der Waals surface area (Å²) in [7, 11) is -1.55. The number of hydrogen-bond acceptors (Lipinski definition) is 9. The van der Waals surface area contributed by atoms with E-state index in [-0.39, 0.29) is 12.1 Å². The molecule has 0 spiro atoms. The lowest BCUT2D eigenvalue weighted by Gasteiger charge is -2.32. The first-order valence-electron chi connectivity index (χ1n) is 9.81. The number of ether oxygens (including phenoxy) is 1. The van der Waals surface area contributed by atoms with Crippen LogP contribution in [0.2, 0.25) is 0 Å². The molecule has 1 aliphatic rings. The van der Waals surface area contributed by atoms with Crippen LogP contribution in [0.4, 0.5) is 0 Å². The molecule has 2 rings (SSSR count). The molecule has 1 aliphatic heterocycles. The van der Waals surface area contributed by atoms with Crippen LogP contribution in [0.25, 0.3) is 0 Å². The van der Waals surface area contributed by atoms with Crippen LogP contribution in [-0.4, -0.2) is 55.3 Å². The molecule has 4 unspecified atom stereocenters. The van der Waals surface area contributed by atoms with Crippen molar-refractivity contribution in [1.82, 2.24) is 14.2 Å². The first-order valence-corrected chi connectivity index (χ1v) is 11.9. The van der Waals surface area contributed by atoms with Crippen LogP contribution < -0.4 is 11.2 Å². The van der Waals surface area contributed by atoms with Crippen LogP contribution in [0.3, 0.4) is 0 Å². The smallest absolute Gasteiger partial charge is 0.330 e. The van der Waals surface area contributed by atoms with Crippen LogP contribution in [0.1, 0.15) is 53.2 Å². The Morgan fingerprint density at radius 3 is 2.55 bits per heavy atom. The fourth-order valence-corrected chi connectivity index (χ4v) is 4.51. The Balaban J connectivity index is 0.000000318. The van der Waals surface area contributed by atoms with Crippen LogP contribution in [0.15, 0.2) is 21.9 Å². The van der Waals surface area contributed by atoms with Gasteiger partial charge in [0.15, 0.2) is 6.29 Å². The van der Waals surface area contributed by atoms with Crippen molar-refractivity contribution < 1.29 is 22.3 Å². The number of aromatic nitrogens is 2. The molecule has 1 fully saturated rings.